The molecule has 1 aliphatic heterocycles. The molecule has 2 aromatic rings. The van der Waals surface area contributed by atoms with Crippen LogP contribution in [-0.4, -0.2) is 63.3 Å². The lowest BCUT2D eigenvalue weighted by atomic mass is 10.2. The molecular formula is C17H23N7O2. The maximum Gasteiger partial charge on any atom is 0.274 e. The Hall–Kier alpha value is -2.97. The Bertz CT molecular complexity index is 856. The van der Waals surface area contributed by atoms with Gasteiger partial charge in [-0.25, -0.2) is 14.6 Å². The molecule has 0 atom stereocenters. The third-order valence-corrected chi connectivity index (χ3v) is 4.25. The third kappa shape index (κ3) is 3.81. The van der Waals surface area contributed by atoms with E-state index in [-0.39, 0.29) is 17.2 Å². The lowest BCUT2D eigenvalue weighted by Gasteiger charge is -2.35. The molecule has 9 nitrogen and oxygen atoms in total. The summed E-state index contributed by atoms with van der Waals surface area (Å²) in [5.74, 6) is 2.22. The zero-order valence-corrected chi connectivity index (χ0v) is 15.3. The minimum Gasteiger partial charge on any atom is -0.370 e. The standard InChI is InChI=1S/C17H23N7O2/c1-4-18-14-11-15(20-12(2)19-14)23-7-9-24(10-8-23)17(26)13-5-6-16(25)22(3)21-13/h5-6,11H,4,7-10H2,1-3H3,(H,18,19,20). The fourth-order valence-corrected chi connectivity index (χ4v) is 2.90. The van der Waals surface area contributed by atoms with Crippen molar-refractivity contribution in [3.05, 3.63) is 40.1 Å². The van der Waals surface area contributed by atoms with E-state index >= 15 is 0 Å². The maximum atomic E-state index is 12.6. The highest BCUT2D eigenvalue weighted by molar-refractivity contribution is 5.92. The number of aryl methyl sites for hydroxylation is 2. The van der Waals surface area contributed by atoms with Crippen LogP contribution in [0.2, 0.25) is 0 Å². The Morgan fingerprint density at radius 1 is 1.19 bits per heavy atom. The monoisotopic (exact) mass is 357 g/mol. The summed E-state index contributed by atoms with van der Waals surface area (Å²) in [6.07, 6.45) is 0. The van der Waals surface area contributed by atoms with Gasteiger partial charge in [0.15, 0.2) is 0 Å². The van der Waals surface area contributed by atoms with Crippen LogP contribution >= 0.6 is 0 Å². The molecule has 0 bridgehead atoms. The topological polar surface area (TPSA) is 96.2 Å². The van der Waals surface area contributed by atoms with E-state index < -0.39 is 0 Å². The lowest BCUT2D eigenvalue weighted by Crippen LogP contribution is -2.49. The van der Waals surface area contributed by atoms with Crippen LogP contribution in [0.25, 0.3) is 0 Å². The predicted molar refractivity (Wildman–Crippen MR) is 98.5 cm³/mol. The first kappa shape index (κ1) is 17.8. The fourth-order valence-electron chi connectivity index (χ4n) is 2.90. The molecule has 0 saturated carbocycles. The summed E-state index contributed by atoms with van der Waals surface area (Å²) in [5, 5.41) is 7.25. The number of hydrogen-bond acceptors (Lipinski definition) is 7. The van der Waals surface area contributed by atoms with Gasteiger partial charge in [-0.05, 0) is 19.9 Å². The summed E-state index contributed by atoms with van der Waals surface area (Å²) in [6, 6.07) is 4.78. The highest BCUT2D eigenvalue weighted by Crippen LogP contribution is 2.18. The van der Waals surface area contributed by atoms with E-state index in [0.717, 1.165) is 18.2 Å². The molecule has 0 spiro atoms. The van der Waals surface area contributed by atoms with Gasteiger partial charge in [-0.2, -0.15) is 5.10 Å². The normalized spacial score (nSPS) is 14.4. The van der Waals surface area contributed by atoms with Gasteiger partial charge in [0.2, 0.25) is 0 Å². The quantitative estimate of drug-likeness (QED) is 0.839. The maximum absolute atomic E-state index is 12.6. The molecule has 3 heterocycles. The first-order valence-corrected chi connectivity index (χ1v) is 8.66. The number of hydrogen-bond donors (Lipinski definition) is 1. The Kier molecular flexibility index (Phi) is 5.15. The molecule has 1 amide bonds. The van der Waals surface area contributed by atoms with Crippen molar-refractivity contribution in [2.24, 2.45) is 7.05 Å². The van der Waals surface area contributed by atoms with Crippen LogP contribution in [0.15, 0.2) is 23.0 Å². The highest BCUT2D eigenvalue weighted by Gasteiger charge is 2.24. The Balaban J connectivity index is 1.68. The third-order valence-electron chi connectivity index (χ3n) is 4.25. The van der Waals surface area contributed by atoms with Gasteiger partial charge in [0.1, 0.15) is 23.2 Å². The molecule has 1 aliphatic rings. The van der Waals surface area contributed by atoms with Crippen LogP contribution in [0.1, 0.15) is 23.2 Å². The molecule has 1 N–H and O–H groups in total. The Morgan fingerprint density at radius 2 is 1.92 bits per heavy atom. The second kappa shape index (κ2) is 7.51. The first-order chi connectivity index (χ1) is 12.5. The van der Waals surface area contributed by atoms with E-state index in [0.29, 0.717) is 32.0 Å². The number of amides is 1. The summed E-state index contributed by atoms with van der Waals surface area (Å²) in [5.41, 5.74) is 0.0508. The number of aromatic nitrogens is 4. The van der Waals surface area contributed by atoms with E-state index in [2.05, 4.69) is 25.3 Å². The zero-order chi connectivity index (χ0) is 18.7. The van der Waals surface area contributed by atoms with Crippen LogP contribution in [-0.2, 0) is 7.05 Å². The number of nitrogens with one attached hydrogen (secondary N) is 1. The molecule has 2 aromatic heterocycles. The largest absolute Gasteiger partial charge is 0.370 e. The summed E-state index contributed by atoms with van der Waals surface area (Å²) >= 11 is 0. The number of carbonyl (C=O) groups excluding carboxylic acids is 1. The van der Waals surface area contributed by atoms with Crippen molar-refractivity contribution in [3.63, 3.8) is 0 Å². The molecule has 0 unspecified atom stereocenters. The Labute approximate surface area is 151 Å². The van der Waals surface area contributed by atoms with E-state index in [1.54, 1.807) is 4.90 Å². The van der Waals surface area contributed by atoms with Crippen LogP contribution in [0.3, 0.4) is 0 Å². The predicted octanol–water partition coefficient (Wildman–Crippen LogP) is 0.273. The van der Waals surface area contributed by atoms with Gasteiger partial charge < -0.3 is 15.1 Å². The Morgan fingerprint density at radius 3 is 2.58 bits per heavy atom. The van der Waals surface area contributed by atoms with Crippen LogP contribution in [0, 0.1) is 6.92 Å². The van der Waals surface area contributed by atoms with Gasteiger partial charge in [-0.1, -0.05) is 0 Å². The molecular weight excluding hydrogens is 334 g/mol. The molecule has 1 fully saturated rings. The van der Waals surface area contributed by atoms with E-state index in [4.69, 9.17) is 0 Å². The molecule has 9 heteroatoms. The number of carbonyl (C=O) groups is 1. The van der Waals surface area contributed by atoms with Crippen LogP contribution in [0.5, 0.6) is 0 Å². The first-order valence-electron chi connectivity index (χ1n) is 8.66. The second-order valence-corrected chi connectivity index (χ2v) is 6.15. The van der Waals surface area contributed by atoms with Crippen molar-refractivity contribution in [2.75, 3.05) is 42.9 Å². The van der Waals surface area contributed by atoms with Crippen molar-refractivity contribution in [1.29, 1.82) is 0 Å². The molecule has 26 heavy (non-hydrogen) atoms. The van der Waals surface area contributed by atoms with Gasteiger partial charge in [0.05, 0.1) is 0 Å². The van der Waals surface area contributed by atoms with Crippen LogP contribution in [0.4, 0.5) is 11.6 Å². The number of nitrogens with zero attached hydrogens (tertiary/aromatic N) is 6. The fraction of sp³-hybridized carbons (Fsp3) is 0.471. The van der Waals surface area contributed by atoms with Crippen molar-refractivity contribution >= 4 is 17.5 Å². The second-order valence-electron chi connectivity index (χ2n) is 6.15. The minimum atomic E-state index is -0.234. The molecule has 0 aliphatic carbocycles. The van der Waals surface area contributed by atoms with E-state index in [1.165, 1.54) is 23.9 Å². The van der Waals surface area contributed by atoms with Gasteiger partial charge >= 0.3 is 0 Å². The molecule has 3 rings (SSSR count). The summed E-state index contributed by atoms with van der Waals surface area (Å²) in [7, 11) is 1.54. The van der Waals surface area contributed by atoms with Gasteiger partial charge in [-0.3, -0.25) is 9.59 Å². The average molecular weight is 357 g/mol. The summed E-state index contributed by atoms with van der Waals surface area (Å²) < 4.78 is 1.18. The zero-order valence-electron chi connectivity index (χ0n) is 15.3. The molecule has 1 saturated heterocycles. The molecule has 138 valence electrons. The van der Waals surface area contributed by atoms with Gasteiger partial charge in [-0.15, -0.1) is 0 Å². The summed E-state index contributed by atoms with van der Waals surface area (Å²) in [6.45, 7) is 7.19. The van der Waals surface area contributed by atoms with Crippen LogP contribution < -0.4 is 15.8 Å². The number of piperazine rings is 1. The van der Waals surface area contributed by atoms with Gasteiger partial charge in [0.25, 0.3) is 11.5 Å². The summed E-state index contributed by atoms with van der Waals surface area (Å²) in [4.78, 5) is 36.8. The lowest BCUT2D eigenvalue weighted by molar-refractivity contribution is 0.0738. The smallest absolute Gasteiger partial charge is 0.274 e. The van der Waals surface area contributed by atoms with Gasteiger partial charge in [0, 0.05) is 51.9 Å². The van der Waals surface area contributed by atoms with E-state index in [9.17, 15) is 9.59 Å². The van der Waals surface area contributed by atoms with Crippen molar-refractivity contribution in [3.8, 4) is 0 Å². The van der Waals surface area contributed by atoms with Crippen molar-refractivity contribution in [2.45, 2.75) is 13.8 Å². The average Bonchev–Trinajstić information content (AvgIpc) is 2.63. The number of anilines is 2. The van der Waals surface area contributed by atoms with E-state index in [1.807, 2.05) is 19.9 Å². The SMILES string of the molecule is CCNc1cc(N2CCN(C(=O)c3ccc(=O)n(C)n3)CC2)nc(C)n1. The van der Waals surface area contributed by atoms with Crippen molar-refractivity contribution < 1.29 is 4.79 Å². The molecule has 0 radical (unpaired) electrons. The minimum absolute atomic E-state index is 0.160. The van der Waals surface area contributed by atoms with Crippen molar-refractivity contribution in [1.82, 2.24) is 24.6 Å². The number of rotatable bonds is 4. The highest BCUT2D eigenvalue weighted by atomic mass is 16.2. The molecule has 0 aromatic carbocycles.